The number of carbonyl (C=O) groups excluding carboxylic acids is 1. The van der Waals surface area contributed by atoms with Gasteiger partial charge < -0.3 is 24.7 Å². The van der Waals surface area contributed by atoms with Gasteiger partial charge in [0.05, 0.1) is 12.8 Å². The second-order valence-electron chi connectivity index (χ2n) is 9.46. The molecule has 2 saturated heterocycles. The smallest absolute Gasteiger partial charge is 0.410 e. The highest BCUT2D eigenvalue weighted by Crippen LogP contribution is 2.36. The maximum Gasteiger partial charge on any atom is 0.410 e. The number of carbonyl (C=O) groups is 1. The van der Waals surface area contributed by atoms with Crippen LogP contribution in [0.15, 0.2) is 40.0 Å². The molecule has 7 nitrogen and oxygen atoms in total. The Balaban J connectivity index is 1.57. The SMILES string of the molecule is C=C(C)CN=C(NCCc1ccco1)NC1CC2CCC(C1)N2C(=O)OC(C)(C)C. The molecule has 7 heteroatoms. The molecule has 1 aromatic heterocycles. The summed E-state index contributed by atoms with van der Waals surface area (Å²) in [4.78, 5) is 19.3. The molecule has 2 fully saturated rings. The van der Waals surface area contributed by atoms with Crippen LogP contribution in [-0.4, -0.2) is 53.8 Å². The molecular formula is C23H36N4O3. The van der Waals surface area contributed by atoms with Crippen molar-refractivity contribution in [2.45, 2.75) is 83.5 Å². The first-order valence-corrected chi connectivity index (χ1v) is 10.9. The molecule has 3 heterocycles. The van der Waals surface area contributed by atoms with Gasteiger partial charge in [-0.25, -0.2) is 9.79 Å². The van der Waals surface area contributed by atoms with Crippen molar-refractivity contribution in [1.82, 2.24) is 15.5 Å². The Kier molecular flexibility index (Phi) is 7.10. The fourth-order valence-electron chi connectivity index (χ4n) is 4.23. The predicted molar refractivity (Wildman–Crippen MR) is 119 cm³/mol. The molecule has 1 aromatic rings. The summed E-state index contributed by atoms with van der Waals surface area (Å²) < 4.78 is 11.0. The summed E-state index contributed by atoms with van der Waals surface area (Å²) in [6.07, 6.45) is 6.18. The van der Waals surface area contributed by atoms with E-state index in [0.29, 0.717) is 6.54 Å². The minimum Gasteiger partial charge on any atom is -0.469 e. The van der Waals surface area contributed by atoms with Gasteiger partial charge in [0.1, 0.15) is 11.4 Å². The molecule has 30 heavy (non-hydrogen) atoms. The van der Waals surface area contributed by atoms with Crippen molar-refractivity contribution in [3.63, 3.8) is 0 Å². The van der Waals surface area contributed by atoms with Crippen LogP contribution in [0.1, 0.15) is 59.1 Å². The van der Waals surface area contributed by atoms with Gasteiger partial charge in [0.2, 0.25) is 0 Å². The van der Waals surface area contributed by atoms with Crippen molar-refractivity contribution >= 4 is 12.1 Å². The molecule has 2 N–H and O–H groups in total. The minimum atomic E-state index is -0.466. The number of ether oxygens (including phenoxy) is 1. The van der Waals surface area contributed by atoms with E-state index < -0.39 is 5.60 Å². The average Bonchev–Trinajstić information content (AvgIpc) is 3.24. The number of nitrogens with zero attached hydrogens (tertiary/aromatic N) is 2. The fourth-order valence-corrected chi connectivity index (χ4v) is 4.23. The lowest BCUT2D eigenvalue weighted by Crippen LogP contribution is -2.55. The van der Waals surface area contributed by atoms with E-state index in [1.807, 2.05) is 44.7 Å². The van der Waals surface area contributed by atoms with E-state index in [1.54, 1.807) is 6.26 Å². The van der Waals surface area contributed by atoms with E-state index >= 15 is 0 Å². The Morgan fingerprint density at radius 3 is 2.60 bits per heavy atom. The molecule has 0 aromatic carbocycles. The molecule has 0 spiro atoms. The molecule has 2 atom stereocenters. The molecule has 2 unspecified atom stereocenters. The molecule has 166 valence electrons. The summed E-state index contributed by atoms with van der Waals surface area (Å²) in [5, 5.41) is 7.00. The number of furan rings is 1. The number of piperidine rings is 1. The maximum absolute atomic E-state index is 12.7. The number of fused-ring (bicyclic) bond motifs is 2. The third kappa shape index (κ3) is 6.28. The normalized spacial score (nSPS) is 23.9. The second kappa shape index (κ2) is 9.58. The Morgan fingerprint density at radius 2 is 2.03 bits per heavy atom. The summed E-state index contributed by atoms with van der Waals surface area (Å²) in [6.45, 7) is 13.0. The van der Waals surface area contributed by atoms with Crippen LogP contribution < -0.4 is 10.6 Å². The molecule has 0 radical (unpaired) electrons. The summed E-state index contributed by atoms with van der Waals surface area (Å²) >= 11 is 0. The maximum atomic E-state index is 12.7. The lowest BCUT2D eigenvalue weighted by molar-refractivity contribution is 0.00545. The van der Waals surface area contributed by atoms with Crippen LogP contribution in [0.25, 0.3) is 0 Å². The first kappa shape index (κ1) is 22.2. The van der Waals surface area contributed by atoms with Crippen molar-refractivity contribution < 1.29 is 13.9 Å². The lowest BCUT2D eigenvalue weighted by Gasteiger charge is -2.40. The van der Waals surface area contributed by atoms with Crippen molar-refractivity contribution in [3.8, 4) is 0 Å². The van der Waals surface area contributed by atoms with Gasteiger partial charge in [-0.05, 0) is 65.5 Å². The highest BCUT2D eigenvalue weighted by Gasteiger charge is 2.45. The number of aliphatic imine (C=N–C) groups is 1. The van der Waals surface area contributed by atoms with Crippen LogP contribution in [0.4, 0.5) is 4.79 Å². The van der Waals surface area contributed by atoms with Gasteiger partial charge in [0.25, 0.3) is 0 Å². The van der Waals surface area contributed by atoms with Gasteiger partial charge in [-0.2, -0.15) is 0 Å². The molecule has 2 bridgehead atoms. The standard InChI is InChI=1S/C23H36N4O3/c1-16(2)15-25-21(24-11-10-20-7-6-12-29-20)26-17-13-18-8-9-19(14-17)27(18)22(28)30-23(3,4)5/h6-7,12,17-19H,1,8-11,13-15H2,2-5H3,(H2,24,25,26). The predicted octanol–water partition coefficient (Wildman–Crippen LogP) is 3.86. The molecular weight excluding hydrogens is 380 g/mol. The third-order valence-electron chi connectivity index (χ3n) is 5.43. The number of rotatable bonds is 6. The van der Waals surface area contributed by atoms with Crippen LogP contribution in [0.5, 0.6) is 0 Å². The Labute approximate surface area is 179 Å². The van der Waals surface area contributed by atoms with E-state index in [1.165, 1.54) is 0 Å². The zero-order valence-electron chi connectivity index (χ0n) is 18.7. The Hall–Kier alpha value is -2.44. The first-order chi connectivity index (χ1) is 14.2. The molecule has 1 amide bonds. The van der Waals surface area contributed by atoms with Crippen LogP contribution >= 0.6 is 0 Å². The van der Waals surface area contributed by atoms with Crippen LogP contribution in [0, 0.1) is 0 Å². The van der Waals surface area contributed by atoms with E-state index in [0.717, 1.165) is 55.9 Å². The topological polar surface area (TPSA) is 79.1 Å². The number of hydrogen-bond donors (Lipinski definition) is 2. The van der Waals surface area contributed by atoms with Gasteiger partial charge in [-0.15, -0.1) is 0 Å². The summed E-state index contributed by atoms with van der Waals surface area (Å²) in [7, 11) is 0. The zero-order chi connectivity index (χ0) is 21.7. The van der Waals surface area contributed by atoms with Gasteiger partial charge >= 0.3 is 6.09 Å². The summed E-state index contributed by atoms with van der Waals surface area (Å²) in [6, 6.07) is 4.60. The van der Waals surface area contributed by atoms with Gasteiger partial charge in [0.15, 0.2) is 5.96 Å². The van der Waals surface area contributed by atoms with Crippen molar-refractivity contribution in [3.05, 3.63) is 36.3 Å². The third-order valence-corrected chi connectivity index (χ3v) is 5.43. The van der Waals surface area contributed by atoms with Crippen molar-refractivity contribution in [1.29, 1.82) is 0 Å². The lowest BCUT2D eigenvalue weighted by atomic mass is 9.98. The van der Waals surface area contributed by atoms with Gasteiger partial charge in [-0.1, -0.05) is 12.2 Å². The number of hydrogen-bond acceptors (Lipinski definition) is 4. The highest BCUT2D eigenvalue weighted by atomic mass is 16.6. The number of guanidine groups is 1. The summed E-state index contributed by atoms with van der Waals surface area (Å²) in [5.74, 6) is 1.74. The molecule has 0 aliphatic carbocycles. The average molecular weight is 417 g/mol. The summed E-state index contributed by atoms with van der Waals surface area (Å²) in [5.41, 5.74) is 0.549. The second-order valence-corrected chi connectivity index (χ2v) is 9.46. The minimum absolute atomic E-state index is 0.179. The van der Waals surface area contributed by atoms with E-state index in [9.17, 15) is 4.79 Å². The van der Waals surface area contributed by atoms with Crippen molar-refractivity contribution in [2.75, 3.05) is 13.1 Å². The number of nitrogens with one attached hydrogen (secondary N) is 2. The molecule has 2 aliphatic rings. The van der Waals surface area contributed by atoms with E-state index in [2.05, 4.69) is 22.2 Å². The molecule has 0 saturated carbocycles. The Bertz CT molecular complexity index is 737. The largest absolute Gasteiger partial charge is 0.469 e. The van der Waals surface area contributed by atoms with E-state index in [-0.39, 0.29) is 24.2 Å². The van der Waals surface area contributed by atoms with Crippen LogP contribution in [-0.2, 0) is 11.2 Å². The highest BCUT2D eigenvalue weighted by molar-refractivity contribution is 5.80. The van der Waals surface area contributed by atoms with Crippen LogP contribution in [0.2, 0.25) is 0 Å². The molecule has 3 rings (SSSR count). The number of amides is 1. The Morgan fingerprint density at radius 1 is 1.33 bits per heavy atom. The quantitative estimate of drug-likeness (QED) is 0.418. The monoisotopic (exact) mass is 416 g/mol. The van der Waals surface area contributed by atoms with Crippen LogP contribution in [0.3, 0.4) is 0 Å². The van der Waals surface area contributed by atoms with E-state index in [4.69, 9.17) is 9.15 Å². The fraction of sp³-hybridized carbons (Fsp3) is 0.652. The zero-order valence-corrected chi connectivity index (χ0v) is 18.7. The first-order valence-electron chi connectivity index (χ1n) is 10.9. The van der Waals surface area contributed by atoms with Gasteiger partial charge in [0, 0.05) is 31.1 Å². The van der Waals surface area contributed by atoms with Gasteiger partial charge in [-0.3, -0.25) is 0 Å². The van der Waals surface area contributed by atoms with Crippen molar-refractivity contribution in [2.24, 2.45) is 4.99 Å². The molecule has 2 aliphatic heterocycles.